The molecule has 4 N–H and O–H groups in total. The summed E-state index contributed by atoms with van der Waals surface area (Å²) in [5.74, 6) is -0.203. The van der Waals surface area contributed by atoms with Crippen molar-refractivity contribution in [3.05, 3.63) is 34.2 Å². The highest BCUT2D eigenvalue weighted by molar-refractivity contribution is 7.89. The van der Waals surface area contributed by atoms with Gasteiger partial charge in [0.05, 0.1) is 21.8 Å². The zero-order chi connectivity index (χ0) is 14.8. The minimum atomic E-state index is -3.50. The molecule has 0 bridgehead atoms. The number of nitrogens with zero attached hydrogens (tertiary/aromatic N) is 1. The van der Waals surface area contributed by atoms with E-state index in [0.29, 0.717) is 22.3 Å². The van der Waals surface area contributed by atoms with E-state index in [1.807, 2.05) is 0 Å². The molecule has 6 nitrogen and oxygen atoms in total. The van der Waals surface area contributed by atoms with E-state index in [9.17, 15) is 13.5 Å². The number of thiazole rings is 1. The van der Waals surface area contributed by atoms with Crippen LogP contribution in [0.5, 0.6) is 5.88 Å². The highest BCUT2D eigenvalue weighted by atomic mass is 35.5. The van der Waals surface area contributed by atoms with Crippen molar-refractivity contribution < 1.29 is 13.5 Å². The van der Waals surface area contributed by atoms with Crippen molar-refractivity contribution in [3.63, 3.8) is 0 Å². The van der Waals surface area contributed by atoms with Gasteiger partial charge < -0.3 is 10.4 Å². The molecule has 2 aromatic rings. The number of sulfonamides is 1. The van der Waals surface area contributed by atoms with E-state index in [-0.39, 0.29) is 11.6 Å². The molecule has 2 rings (SSSR count). The molecule has 0 aliphatic carbocycles. The molecular weight excluding hydrogens is 322 g/mol. The quantitative estimate of drug-likeness (QED) is 0.776. The van der Waals surface area contributed by atoms with Gasteiger partial charge >= 0.3 is 0 Å². The standard InChI is InChI=1S/C11H12ClN3O3S2/c12-8-2-1-7(3-4-20(13,17)18)5-9(8)14-11-15-10(16)6-19-11/h1-2,5-6,16H,3-4H2,(H,14,15)(H2,13,17,18). The van der Waals surface area contributed by atoms with E-state index in [1.165, 1.54) is 16.7 Å². The van der Waals surface area contributed by atoms with Crippen LogP contribution in [0.25, 0.3) is 0 Å². The second kappa shape index (κ2) is 5.96. The molecule has 1 aromatic carbocycles. The van der Waals surface area contributed by atoms with Gasteiger partial charge in [0, 0.05) is 0 Å². The summed E-state index contributed by atoms with van der Waals surface area (Å²) in [6, 6.07) is 5.12. The number of aryl methyl sites for hydroxylation is 1. The maximum atomic E-state index is 11.0. The minimum Gasteiger partial charge on any atom is -0.493 e. The summed E-state index contributed by atoms with van der Waals surface area (Å²) in [5, 5.41) is 19.6. The molecule has 0 unspecified atom stereocenters. The highest BCUT2D eigenvalue weighted by Crippen LogP contribution is 2.29. The fourth-order valence-electron chi connectivity index (χ4n) is 1.52. The number of anilines is 2. The van der Waals surface area contributed by atoms with E-state index in [2.05, 4.69) is 10.3 Å². The topological polar surface area (TPSA) is 105 Å². The van der Waals surface area contributed by atoms with Crippen molar-refractivity contribution in [2.75, 3.05) is 11.1 Å². The van der Waals surface area contributed by atoms with Crippen LogP contribution in [0, 0.1) is 0 Å². The van der Waals surface area contributed by atoms with Crippen LogP contribution in [0.15, 0.2) is 23.6 Å². The Hall–Kier alpha value is -1.35. The number of aromatic hydroxyl groups is 1. The Morgan fingerprint density at radius 2 is 2.20 bits per heavy atom. The zero-order valence-corrected chi connectivity index (χ0v) is 12.6. The first kappa shape index (κ1) is 15.0. The molecule has 1 heterocycles. The van der Waals surface area contributed by atoms with Crippen molar-refractivity contribution in [1.82, 2.24) is 4.98 Å². The molecule has 0 atom stereocenters. The van der Waals surface area contributed by atoms with E-state index in [1.54, 1.807) is 18.2 Å². The van der Waals surface area contributed by atoms with Gasteiger partial charge in [-0.3, -0.25) is 0 Å². The smallest absolute Gasteiger partial charge is 0.223 e. The summed E-state index contributed by atoms with van der Waals surface area (Å²) in [6.07, 6.45) is 0.299. The molecule has 0 saturated heterocycles. The number of aromatic nitrogens is 1. The number of hydrogen-bond acceptors (Lipinski definition) is 6. The molecule has 0 amide bonds. The van der Waals surface area contributed by atoms with Gasteiger partial charge in [0.2, 0.25) is 15.9 Å². The van der Waals surface area contributed by atoms with Gasteiger partial charge in [-0.25, -0.2) is 13.6 Å². The van der Waals surface area contributed by atoms with E-state index in [4.69, 9.17) is 16.7 Å². The van der Waals surface area contributed by atoms with Crippen LogP contribution in [-0.2, 0) is 16.4 Å². The average molecular weight is 334 g/mol. The van der Waals surface area contributed by atoms with Gasteiger partial charge in [-0.15, -0.1) is 11.3 Å². The lowest BCUT2D eigenvalue weighted by Crippen LogP contribution is -2.17. The van der Waals surface area contributed by atoms with Crippen molar-refractivity contribution in [1.29, 1.82) is 0 Å². The normalized spacial score (nSPS) is 11.5. The third kappa shape index (κ3) is 4.34. The number of nitrogens with one attached hydrogen (secondary N) is 1. The largest absolute Gasteiger partial charge is 0.493 e. The van der Waals surface area contributed by atoms with Crippen LogP contribution >= 0.6 is 22.9 Å². The summed E-state index contributed by atoms with van der Waals surface area (Å²) in [4.78, 5) is 3.85. The van der Waals surface area contributed by atoms with Crippen LogP contribution in [-0.4, -0.2) is 24.3 Å². The van der Waals surface area contributed by atoms with Gasteiger partial charge in [-0.05, 0) is 24.1 Å². The zero-order valence-electron chi connectivity index (χ0n) is 10.2. The number of rotatable bonds is 5. The SMILES string of the molecule is NS(=O)(=O)CCc1ccc(Cl)c(Nc2nc(O)cs2)c1. The van der Waals surface area contributed by atoms with Gasteiger partial charge in [-0.1, -0.05) is 17.7 Å². The Morgan fingerprint density at radius 1 is 1.45 bits per heavy atom. The fraction of sp³-hybridized carbons (Fsp3) is 0.182. The highest BCUT2D eigenvalue weighted by Gasteiger charge is 2.08. The molecule has 0 saturated carbocycles. The van der Waals surface area contributed by atoms with Crippen LogP contribution in [0.2, 0.25) is 5.02 Å². The van der Waals surface area contributed by atoms with Gasteiger partial charge in [-0.2, -0.15) is 4.98 Å². The van der Waals surface area contributed by atoms with Crippen molar-refractivity contribution in [2.24, 2.45) is 5.14 Å². The number of primary sulfonamides is 1. The van der Waals surface area contributed by atoms with E-state index >= 15 is 0 Å². The van der Waals surface area contributed by atoms with Crippen LogP contribution in [0.1, 0.15) is 5.56 Å². The lowest BCUT2D eigenvalue weighted by molar-refractivity contribution is 0.458. The Kier molecular flexibility index (Phi) is 4.48. The third-order valence-corrected chi connectivity index (χ3v) is 4.29. The molecule has 0 spiro atoms. The molecule has 9 heteroatoms. The first-order valence-corrected chi connectivity index (χ1v) is 8.51. The maximum absolute atomic E-state index is 11.0. The lowest BCUT2D eigenvalue weighted by atomic mass is 10.1. The second-order valence-corrected chi connectivity index (χ2v) is 7.07. The summed E-state index contributed by atoms with van der Waals surface area (Å²) in [5.41, 5.74) is 1.37. The first-order valence-electron chi connectivity index (χ1n) is 5.54. The van der Waals surface area contributed by atoms with Crippen molar-refractivity contribution >= 4 is 43.8 Å². The predicted molar refractivity (Wildman–Crippen MR) is 80.2 cm³/mol. The van der Waals surface area contributed by atoms with E-state index in [0.717, 1.165) is 5.56 Å². The molecule has 108 valence electrons. The molecule has 20 heavy (non-hydrogen) atoms. The Balaban J connectivity index is 2.16. The Bertz CT molecular complexity index is 715. The first-order chi connectivity index (χ1) is 9.33. The average Bonchev–Trinajstić information content (AvgIpc) is 2.75. The molecule has 0 aliphatic heterocycles. The van der Waals surface area contributed by atoms with Crippen LogP contribution in [0.3, 0.4) is 0 Å². The lowest BCUT2D eigenvalue weighted by Gasteiger charge is -2.08. The third-order valence-electron chi connectivity index (χ3n) is 2.44. The molecular formula is C11H12ClN3O3S2. The second-order valence-electron chi connectivity index (χ2n) is 4.07. The predicted octanol–water partition coefficient (Wildman–Crippen LogP) is 2.08. The number of benzene rings is 1. The maximum Gasteiger partial charge on any atom is 0.223 e. The van der Waals surface area contributed by atoms with E-state index < -0.39 is 10.0 Å². The van der Waals surface area contributed by atoms with Crippen molar-refractivity contribution in [2.45, 2.75) is 6.42 Å². The molecule has 0 radical (unpaired) electrons. The van der Waals surface area contributed by atoms with Crippen molar-refractivity contribution in [3.8, 4) is 5.88 Å². The van der Waals surface area contributed by atoms with Crippen LogP contribution < -0.4 is 10.5 Å². The monoisotopic (exact) mass is 333 g/mol. The fourth-order valence-corrected chi connectivity index (χ4v) is 2.79. The number of nitrogens with two attached hydrogens (primary N) is 1. The minimum absolute atomic E-state index is 0.0704. The molecule has 0 aliphatic rings. The summed E-state index contributed by atoms with van der Waals surface area (Å²) >= 11 is 7.28. The summed E-state index contributed by atoms with van der Waals surface area (Å²) < 4.78 is 21.9. The van der Waals surface area contributed by atoms with Crippen LogP contribution in [0.4, 0.5) is 10.8 Å². The van der Waals surface area contributed by atoms with Gasteiger partial charge in [0.1, 0.15) is 0 Å². The number of halogens is 1. The van der Waals surface area contributed by atoms with Gasteiger partial charge in [0.25, 0.3) is 0 Å². The molecule has 1 aromatic heterocycles. The number of hydrogen-bond donors (Lipinski definition) is 3. The summed E-state index contributed by atoms with van der Waals surface area (Å²) in [6.45, 7) is 0. The summed E-state index contributed by atoms with van der Waals surface area (Å²) in [7, 11) is -3.50. The molecule has 0 fully saturated rings. The Morgan fingerprint density at radius 3 is 2.80 bits per heavy atom. The van der Waals surface area contributed by atoms with Gasteiger partial charge in [0.15, 0.2) is 5.13 Å². The Labute approximate surface area is 125 Å².